The lowest BCUT2D eigenvalue weighted by Gasteiger charge is -2.20. The van der Waals surface area contributed by atoms with E-state index in [1.165, 1.54) is 4.31 Å². The van der Waals surface area contributed by atoms with Crippen LogP contribution in [0.25, 0.3) is 11.0 Å². The van der Waals surface area contributed by atoms with Gasteiger partial charge >= 0.3 is 0 Å². The lowest BCUT2D eigenvalue weighted by Crippen LogP contribution is -2.42. The summed E-state index contributed by atoms with van der Waals surface area (Å²) >= 11 is 0. The van der Waals surface area contributed by atoms with Crippen LogP contribution in [0.15, 0.2) is 39.7 Å². The fourth-order valence-electron chi connectivity index (χ4n) is 2.73. The molecule has 0 saturated heterocycles. The van der Waals surface area contributed by atoms with Crippen molar-refractivity contribution in [1.29, 1.82) is 0 Å². The number of aliphatic imine (C=N–C) groups is 1. The summed E-state index contributed by atoms with van der Waals surface area (Å²) in [4.78, 5) is 4.16. The Morgan fingerprint density at radius 3 is 2.52 bits per heavy atom. The summed E-state index contributed by atoms with van der Waals surface area (Å²) in [6, 6.07) is 9.72. The van der Waals surface area contributed by atoms with Crippen LogP contribution in [0.2, 0.25) is 0 Å². The zero-order valence-electron chi connectivity index (χ0n) is 16.2. The molecule has 0 aliphatic carbocycles. The number of nitrogens with one attached hydrogen (secondary N) is 2. The molecule has 0 aliphatic heterocycles. The molecule has 0 fully saturated rings. The number of rotatable bonds is 8. The second-order valence-corrected chi connectivity index (χ2v) is 8.04. The van der Waals surface area contributed by atoms with Gasteiger partial charge in [-0.15, -0.1) is 24.0 Å². The summed E-state index contributed by atoms with van der Waals surface area (Å²) in [6.07, 6.45) is 0. The van der Waals surface area contributed by atoms with E-state index in [0.717, 1.165) is 16.7 Å². The zero-order valence-corrected chi connectivity index (χ0v) is 19.4. The largest absolute Gasteiger partial charge is 0.459 e. The van der Waals surface area contributed by atoms with Gasteiger partial charge in [-0.2, -0.15) is 0 Å². The molecule has 7 nitrogen and oxygen atoms in total. The Morgan fingerprint density at radius 1 is 1.26 bits per heavy atom. The minimum atomic E-state index is -3.25. The lowest BCUT2D eigenvalue weighted by atomic mass is 10.2. The first-order valence-corrected chi connectivity index (χ1v) is 10.5. The van der Waals surface area contributed by atoms with Crippen molar-refractivity contribution >= 4 is 50.9 Å². The van der Waals surface area contributed by atoms with Crippen molar-refractivity contribution in [2.75, 3.05) is 32.4 Å². The minimum absolute atomic E-state index is 0. The van der Waals surface area contributed by atoms with Gasteiger partial charge in [-0.05, 0) is 19.1 Å². The van der Waals surface area contributed by atoms with E-state index < -0.39 is 10.0 Å². The third kappa shape index (κ3) is 6.35. The van der Waals surface area contributed by atoms with Crippen molar-refractivity contribution in [3.05, 3.63) is 36.1 Å². The van der Waals surface area contributed by atoms with Gasteiger partial charge in [0, 0.05) is 32.1 Å². The highest BCUT2D eigenvalue weighted by Crippen LogP contribution is 2.23. The first-order chi connectivity index (χ1) is 12.4. The van der Waals surface area contributed by atoms with E-state index in [0.29, 0.717) is 19.0 Å². The van der Waals surface area contributed by atoms with Gasteiger partial charge in [0.2, 0.25) is 10.0 Å². The molecule has 1 aromatic carbocycles. The van der Waals surface area contributed by atoms with E-state index >= 15 is 0 Å². The molecule has 2 aromatic rings. The Labute approximate surface area is 178 Å². The SMILES string of the molecule is CCN(CC)S(=O)(=O)CCNC(=NC)NC(C)c1cc2ccccc2o1.I. The van der Waals surface area contributed by atoms with Crippen LogP contribution in [-0.4, -0.2) is 51.1 Å². The highest BCUT2D eigenvalue weighted by atomic mass is 127. The second-order valence-electron chi connectivity index (χ2n) is 5.95. The summed E-state index contributed by atoms with van der Waals surface area (Å²) in [5.74, 6) is 1.35. The second kappa shape index (κ2) is 10.9. The number of hydrogen-bond acceptors (Lipinski definition) is 4. The Kier molecular flexibility index (Phi) is 9.54. The molecule has 1 atom stereocenters. The van der Waals surface area contributed by atoms with Gasteiger partial charge in [0.25, 0.3) is 0 Å². The molecule has 0 spiro atoms. The topological polar surface area (TPSA) is 86.9 Å². The smallest absolute Gasteiger partial charge is 0.215 e. The zero-order chi connectivity index (χ0) is 19.2. The number of nitrogens with zero attached hydrogens (tertiary/aromatic N) is 2. The van der Waals surface area contributed by atoms with Crippen molar-refractivity contribution < 1.29 is 12.8 Å². The summed E-state index contributed by atoms with van der Waals surface area (Å²) in [5, 5.41) is 7.32. The van der Waals surface area contributed by atoms with E-state index in [2.05, 4.69) is 15.6 Å². The average Bonchev–Trinajstić information content (AvgIpc) is 3.05. The third-order valence-electron chi connectivity index (χ3n) is 4.20. The van der Waals surface area contributed by atoms with Crippen molar-refractivity contribution in [2.45, 2.75) is 26.8 Å². The number of fused-ring (bicyclic) bond motifs is 1. The number of para-hydroxylation sites is 1. The van der Waals surface area contributed by atoms with Gasteiger partial charge in [-0.1, -0.05) is 32.0 Å². The van der Waals surface area contributed by atoms with Crippen LogP contribution in [0.1, 0.15) is 32.6 Å². The molecule has 1 aromatic heterocycles. The van der Waals surface area contributed by atoms with Gasteiger partial charge < -0.3 is 15.1 Å². The van der Waals surface area contributed by atoms with E-state index in [-0.39, 0.29) is 42.3 Å². The average molecular weight is 508 g/mol. The Balaban J connectivity index is 0.00000364. The van der Waals surface area contributed by atoms with E-state index in [9.17, 15) is 8.42 Å². The number of hydrogen-bond donors (Lipinski definition) is 2. The molecule has 9 heteroatoms. The van der Waals surface area contributed by atoms with E-state index in [1.54, 1.807) is 7.05 Å². The number of halogens is 1. The van der Waals surface area contributed by atoms with Gasteiger partial charge in [0.15, 0.2) is 5.96 Å². The van der Waals surface area contributed by atoms with Crippen LogP contribution in [-0.2, 0) is 10.0 Å². The Hall–Kier alpha value is -1.33. The highest BCUT2D eigenvalue weighted by Gasteiger charge is 2.19. The minimum Gasteiger partial charge on any atom is -0.459 e. The van der Waals surface area contributed by atoms with Gasteiger partial charge in [0.05, 0.1) is 11.8 Å². The first kappa shape index (κ1) is 23.7. The molecule has 1 unspecified atom stereocenters. The monoisotopic (exact) mass is 508 g/mol. The normalized spacial score (nSPS) is 13.4. The number of furan rings is 1. The van der Waals surface area contributed by atoms with Crippen LogP contribution < -0.4 is 10.6 Å². The molecule has 0 aliphatic rings. The molecule has 0 saturated carbocycles. The summed E-state index contributed by atoms with van der Waals surface area (Å²) in [5.41, 5.74) is 0.837. The quantitative estimate of drug-likeness (QED) is 0.326. The molecular formula is C18H29IN4O3S. The van der Waals surface area contributed by atoms with Crippen LogP contribution in [0.5, 0.6) is 0 Å². The molecular weight excluding hydrogens is 479 g/mol. The predicted molar refractivity (Wildman–Crippen MR) is 121 cm³/mol. The maximum absolute atomic E-state index is 12.2. The predicted octanol–water partition coefficient (Wildman–Crippen LogP) is 2.95. The van der Waals surface area contributed by atoms with Crippen molar-refractivity contribution in [3.8, 4) is 0 Å². The fraction of sp³-hybridized carbons (Fsp3) is 0.500. The van der Waals surface area contributed by atoms with Crippen LogP contribution in [0.4, 0.5) is 0 Å². The molecule has 2 N–H and O–H groups in total. The van der Waals surface area contributed by atoms with Crippen LogP contribution in [0, 0.1) is 0 Å². The van der Waals surface area contributed by atoms with Crippen LogP contribution in [0.3, 0.4) is 0 Å². The summed E-state index contributed by atoms with van der Waals surface area (Å²) in [6.45, 7) is 6.89. The fourth-order valence-corrected chi connectivity index (χ4v) is 4.14. The first-order valence-electron chi connectivity index (χ1n) is 8.84. The Bertz CT molecular complexity index is 814. The molecule has 0 bridgehead atoms. The lowest BCUT2D eigenvalue weighted by molar-refractivity contribution is 0.444. The van der Waals surface area contributed by atoms with Crippen molar-refractivity contribution in [3.63, 3.8) is 0 Å². The molecule has 0 amide bonds. The molecule has 0 radical (unpaired) electrons. The van der Waals surface area contributed by atoms with E-state index in [1.807, 2.05) is 51.1 Å². The standard InChI is InChI=1S/C18H28N4O3S.HI/c1-5-22(6-2)26(23,24)12-11-20-18(19-4)21-14(3)17-13-15-9-7-8-10-16(15)25-17;/h7-10,13-14H,5-6,11-12H2,1-4H3,(H2,19,20,21);1H. The van der Waals surface area contributed by atoms with Gasteiger partial charge in [0.1, 0.15) is 11.3 Å². The van der Waals surface area contributed by atoms with Crippen molar-refractivity contribution in [2.24, 2.45) is 4.99 Å². The summed E-state index contributed by atoms with van der Waals surface area (Å²) < 4.78 is 31.7. The van der Waals surface area contributed by atoms with Gasteiger partial charge in [-0.25, -0.2) is 12.7 Å². The molecule has 2 rings (SSSR count). The highest BCUT2D eigenvalue weighted by molar-refractivity contribution is 14.0. The number of benzene rings is 1. The van der Waals surface area contributed by atoms with Crippen molar-refractivity contribution in [1.82, 2.24) is 14.9 Å². The van der Waals surface area contributed by atoms with Crippen LogP contribution >= 0.6 is 24.0 Å². The molecule has 1 heterocycles. The molecule has 27 heavy (non-hydrogen) atoms. The van der Waals surface area contributed by atoms with E-state index in [4.69, 9.17) is 4.42 Å². The number of sulfonamides is 1. The molecule has 152 valence electrons. The van der Waals surface area contributed by atoms with Gasteiger partial charge in [-0.3, -0.25) is 4.99 Å². The maximum atomic E-state index is 12.2. The Morgan fingerprint density at radius 2 is 1.93 bits per heavy atom. The maximum Gasteiger partial charge on any atom is 0.215 e. The summed E-state index contributed by atoms with van der Waals surface area (Å²) in [7, 11) is -1.60. The number of guanidine groups is 1. The third-order valence-corrected chi connectivity index (χ3v) is 6.22.